The van der Waals surface area contributed by atoms with Gasteiger partial charge >= 0.3 is 5.97 Å². The Hall–Kier alpha value is -3.02. The molecule has 0 amide bonds. The van der Waals surface area contributed by atoms with Crippen LogP contribution in [0.1, 0.15) is 64.4 Å². The number of carbonyl (C=O) groups is 2. The molecule has 0 spiro atoms. The van der Waals surface area contributed by atoms with Gasteiger partial charge in [-0.05, 0) is 32.6 Å². The highest BCUT2D eigenvalue weighted by molar-refractivity contribution is 6.15. The highest BCUT2D eigenvalue weighted by Crippen LogP contribution is 2.53. The van der Waals surface area contributed by atoms with Crippen molar-refractivity contribution in [2.75, 3.05) is 14.2 Å². The molecule has 0 bridgehead atoms. The number of rotatable bonds is 5. The number of carbonyl (C=O) groups excluding carboxylic acids is 1. The standard InChI is InChI=1S/C24H26O6/c1-24-12-8-7-11-15(24)13-16-20(28-2)18(23(26)27)22(29-3)17(21(16)30-24)19(25)14-9-5-4-6-10-14/h4-6,9-10,15H,7-8,11-13H2,1-3H3,(H,26,27). The topological polar surface area (TPSA) is 82.1 Å². The Balaban J connectivity index is 2.02. The van der Waals surface area contributed by atoms with Gasteiger partial charge in [-0.3, -0.25) is 4.79 Å². The van der Waals surface area contributed by atoms with Gasteiger partial charge in [-0.25, -0.2) is 4.79 Å². The van der Waals surface area contributed by atoms with Crippen LogP contribution in [0.4, 0.5) is 0 Å². The average Bonchev–Trinajstić information content (AvgIpc) is 2.75. The van der Waals surface area contributed by atoms with E-state index in [0.717, 1.165) is 25.7 Å². The minimum absolute atomic E-state index is 0.0233. The first kappa shape index (κ1) is 20.3. The van der Waals surface area contributed by atoms with Crippen molar-refractivity contribution in [3.8, 4) is 17.2 Å². The van der Waals surface area contributed by atoms with Crippen molar-refractivity contribution in [3.05, 3.63) is 52.6 Å². The van der Waals surface area contributed by atoms with Gasteiger partial charge in [0.05, 0.1) is 14.2 Å². The zero-order chi connectivity index (χ0) is 21.5. The van der Waals surface area contributed by atoms with Gasteiger partial charge in [0.1, 0.15) is 28.2 Å². The first-order valence-corrected chi connectivity index (χ1v) is 10.2. The largest absolute Gasteiger partial charge is 0.495 e. The van der Waals surface area contributed by atoms with Crippen LogP contribution in [0.3, 0.4) is 0 Å². The number of ketones is 1. The van der Waals surface area contributed by atoms with Crippen molar-refractivity contribution < 1.29 is 28.9 Å². The van der Waals surface area contributed by atoms with E-state index in [2.05, 4.69) is 6.92 Å². The highest BCUT2D eigenvalue weighted by Gasteiger charge is 2.46. The summed E-state index contributed by atoms with van der Waals surface area (Å²) in [6.45, 7) is 2.08. The van der Waals surface area contributed by atoms with Crippen molar-refractivity contribution in [1.82, 2.24) is 0 Å². The second-order valence-corrected chi connectivity index (χ2v) is 8.19. The van der Waals surface area contributed by atoms with Crippen molar-refractivity contribution in [2.45, 2.75) is 44.6 Å². The summed E-state index contributed by atoms with van der Waals surface area (Å²) in [4.78, 5) is 25.7. The summed E-state index contributed by atoms with van der Waals surface area (Å²) in [6, 6.07) is 8.77. The van der Waals surface area contributed by atoms with Gasteiger partial charge in [-0.2, -0.15) is 0 Å². The van der Waals surface area contributed by atoms with E-state index < -0.39 is 11.6 Å². The van der Waals surface area contributed by atoms with Gasteiger partial charge < -0.3 is 19.3 Å². The summed E-state index contributed by atoms with van der Waals surface area (Å²) in [5.41, 5.74) is 0.694. The molecule has 6 heteroatoms. The third-order valence-corrected chi connectivity index (χ3v) is 6.47. The molecule has 1 heterocycles. The molecule has 1 saturated carbocycles. The molecule has 30 heavy (non-hydrogen) atoms. The fourth-order valence-corrected chi connectivity index (χ4v) is 4.91. The Morgan fingerprint density at radius 1 is 1.07 bits per heavy atom. The maximum atomic E-state index is 13.5. The fourth-order valence-electron chi connectivity index (χ4n) is 4.91. The first-order valence-electron chi connectivity index (χ1n) is 10.2. The van der Waals surface area contributed by atoms with Gasteiger partial charge in [0.15, 0.2) is 5.75 Å². The molecule has 1 aliphatic carbocycles. The Kier molecular flexibility index (Phi) is 5.18. The summed E-state index contributed by atoms with van der Waals surface area (Å²) < 4.78 is 17.6. The SMILES string of the molecule is COc1c2c(c(C(=O)c3ccccc3)c(OC)c1C(=O)O)OC1(C)CCCCC1C2. The number of ether oxygens (including phenoxy) is 3. The average molecular weight is 410 g/mol. The zero-order valence-corrected chi connectivity index (χ0v) is 17.5. The van der Waals surface area contributed by atoms with Crippen molar-refractivity contribution in [2.24, 2.45) is 5.92 Å². The number of fused-ring (bicyclic) bond motifs is 2. The van der Waals surface area contributed by atoms with Crippen LogP contribution in [0.2, 0.25) is 0 Å². The lowest BCUT2D eigenvalue weighted by Crippen LogP contribution is -2.47. The molecule has 2 unspecified atom stereocenters. The lowest BCUT2D eigenvalue weighted by Gasteiger charge is -2.46. The number of benzene rings is 2. The third-order valence-electron chi connectivity index (χ3n) is 6.47. The molecule has 1 fully saturated rings. The first-order chi connectivity index (χ1) is 14.4. The van der Waals surface area contributed by atoms with Crippen LogP contribution in [-0.4, -0.2) is 36.7 Å². The molecule has 1 N–H and O–H groups in total. The van der Waals surface area contributed by atoms with Gasteiger partial charge in [-0.1, -0.05) is 36.8 Å². The van der Waals surface area contributed by atoms with E-state index in [4.69, 9.17) is 14.2 Å². The number of carboxylic acids is 1. The minimum atomic E-state index is -1.20. The van der Waals surface area contributed by atoms with Crippen LogP contribution < -0.4 is 14.2 Å². The smallest absolute Gasteiger partial charge is 0.343 e. The summed E-state index contributed by atoms with van der Waals surface area (Å²) in [7, 11) is 2.80. The zero-order valence-electron chi connectivity index (χ0n) is 17.5. The van der Waals surface area contributed by atoms with Crippen molar-refractivity contribution in [3.63, 3.8) is 0 Å². The lowest BCUT2D eigenvalue weighted by atomic mass is 9.71. The maximum Gasteiger partial charge on any atom is 0.343 e. The van der Waals surface area contributed by atoms with Crippen LogP contribution in [0.25, 0.3) is 0 Å². The molecule has 158 valence electrons. The Morgan fingerprint density at radius 2 is 1.77 bits per heavy atom. The summed E-state index contributed by atoms with van der Waals surface area (Å²) in [5.74, 6) is -0.709. The molecular formula is C24H26O6. The summed E-state index contributed by atoms with van der Waals surface area (Å²) >= 11 is 0. The predicted molar refractivity (Wildman–Crippen MR) is 111 cm³/mol. The van der Waals surface area contributed by atoms with Crippen LogP contribution in [0.5, 0.6) is 17.2 Å². The summed E-state index contributed by atoms with van der Waals surface area (Å²) in [5, 5.41) is 9.96. The van der Waals surface area contributed by atoms with Gasteiger partial charge in [0, 0.05) is 17.0 Å². The maximum absolute atomic E-state index is 13.5. The minimum Gasteiger partial charge on any atom is -0.495 e. The van der Waals surface area contributed by atoms with E-state index in [1.807, 2.05) is 6.07 Å². The molecule has 0 radical (unpaired) electrons. The molecule has 2 aliphatic rings. The Labute approximate surface area is 175 Å². The molecular weight excluding hydrogens is 384 g/mol. The van der Waals surface area contributed by atoms with Gasteiger partial charge in [0.2, 0.25) is 5.78 Å². The second-order valence-electron chi connectivity index (χ2n) is 8.19. The second kappa shape index (κ2) is 7.67. The van der Waals surface area contributed by atoms with E-state index in [1.165, 1.54) is 14.2 Å². The molecule has 0 saturated heterocycles. The molecule has 2 atom stereocenters. The number of methoxy groups -OCH3 is 2. The van der Waals surface area contributed by atoms with Crippen LogP contribution in [0, 0.1) is 5.92 Å². The summed E-state index contributed by atoms with van der Waals surface area (Å²) in [6.07, 6.45) is 4.66. The quantitative estimate of drug-likeness (QED) is 0.730. The van der Waals surface area contributed by atoms with Gasteiger partial charge in [-0.15, -0.1) is 0 Å². The molecule has 0 aromatic heterocycles. The number of hydrogen-bond acceptors (Lipinski definition) is 5. The van der Waals surface area contributed by atoms with Crippen LogP contribution in [0.15, 0.2) is 30.3 Å². The van der Waals surface area contributed by atoms with Gasteiger partial charge in [0.25, 0.3) is 0 Å². The van der Waals surface area contributed by atoms with Crippen LogP contribution in [-0.2, 0) is 6.42 Å². The predicted octanol–water partition coefficient (Wildman–Crippen LogP) is 4.52. The van der Waals surface area contributed by atoms with E-state index >= 15 is 0 Å². The third kappa shape index (κ3) is 3.11. The molecule has 2 aromatic rings. The number of hydrogen-bond donors (Lipinski definition) is 1. The van der Waals surface area contributed by atoms with Crippen molar-refractivity contribution in [1.29, 1.82) is 0 Å². The molecule has 6 nitrogen and oxygen atoms in total. The van der Waals surface area contributed by atoms with E-state index in [9.17, 15) is 14.7 Å². The van der Waals surface area contributed by atoms with E-state index in [1.54, 1.807) is 24.3 Å². The molecule has 2 aromatic carbocycles. The van der Waals surface area contributed by atoms with Crippen molar-refractivity contribution >= 4 is 11.8 Å². The van der Waals surface area contributed by atoms with E-state index in [-0.39, 0.29) is 34.3 Å². The Morgan fingerprint density at radius 3 is 2.40 bits per heavy atom. The lowest BCUT2D eigenvalue weighted by molar-refractivity contribution is -0.0228. The number of carboxylic acid groups (broad SMARTS) is 1. The number of aromatic carboxylic acids is 1. The monoisotopic (exact) mass is 410 g/mol. The van der Waals surface area contributed by atoms with E-state index in [0.29, 0.717) is 23.3 Å². The molecule has 4 rings (SSSR count). The fraction of sp³-hybridized carbons (Fsp3) is 0.417. The highest BCUT2D eigenvalue weighted by atomic mass is 16.5. The Bertz CT molecular complexity index is 997. The normalized spacial score (nSPS) is 22.3. The molecule has 1 aliphatic heterocycles. The van der Waals surface area contributed by atoms with Crippen LogP contribution >= 0.6 is 0 Å².